The molecule has 1 rings (SSSR count). The topological polar surface area (TPSA) is 25.2 Å². The third-order valence-corrected chi connectivity index (χ3v) is 3.32. The van der Waals surface area contributed by atoms with Gasteiger partial charge in [0.15, 0.2) is 0 Å². The summed E-state index contributed by atoms with van der Waals surface area (Å²) >= 11 is 5.35. The second-order valence-corrected chi connectivity index (χ2v) is 4.86. The van der Waals surface area contributed by atoms with Crippen molar-refractivity contribution in [2.24, 2.45) is 0 Å². The molecule has 2 nitrogen and oxygen atoms in total. The summed E-state index contributed by atoms with van der Waals surface area (Å²) in [4.78, 5) is 0. The molecule has 1 atom stereocenters. The fraction of sp³-hybridized carbons (Fsp3) is 0.600. The van der Waals surface area contributed by atoms with E-state index in [1.54, 1.807) is 6.26 Å². The van der Waals surface area contributed by atoms with Crippen LogP contribution in [0.25, 0.3) is 0 Å². The molecule has 0 saturated heterocycles. The van der Waals surface area contributed by atoms with E-state index in [1.807, 2.05) is 17.8 Å². The van der Waals surface area contributed by atoms with Gasteiger partial charge in [-0.25, -0.2) is 0 Å². The van der Waals surface area contributed by atoms with Gasteiger partial charge in [0.25, 0.3) is 0 Å². The largest absolute Gasteiger partial charge is 0.466 e. The first-order chi connectivity index (χ1) is 6.79. The SMILES string of the molecule is CCNC(CCSC)c1occc1Br. The van der Waals surface area contributed by atoms with Gasteiger partial charge in [-0.1, -0.05) is 6.92 Å². The minimum Gasteiger partial charge on any atom is -0.466 e. The number of hydrogen-bond acceptors (Lipinski definition) is 3. The van der Waals surface area contributed by atoms with E-state index in [4.69, 9.17) is 4.42 Å². The average molecular weight is 278 g/mol. The zero-order valence-corrected chi connectivity index (χ0v) is 11.0. The molecule has 0 radical (unpaired) electrons. The van der Waals surface area contributed by atoms with Gasteiger partial charge in [-0.05, 0) is 47.0 Å². The summed E-state index contributed by atoms with van der Waals surface area (Å²) in [5.74, 6) is 2.16. The fourth-order valence-corrected chi connectivity index (χ4v) is 2.31. The van der Waals surface area contributed by atoms with Crippen LogP contribution in [-0.2, 0) is 0 Å². The molecule has 1 heterocycles. The van der Waals surface area contributed by atoms with Crippen LogP contribution in [0, 0.1) is 0 Å². The first-order valence-corrected chi connectivity index (χ1v) is 6.93. The van der Waals surface area contributed by atoms with E-state index in [1.165, 1.54) is 0 Å². The molecule has 0 spiro atoms. The molecule has 4 heteroatoms. The summed E-state index contributed by atoms with van der Waals surface area (Å²) in [7, 11) is 0. The Balaban J connectivity index is 2.62. The Hall–Kier alpha value is 0.0700. The third kappa shape index (κ3) is 3.33. The van der Waals surface area contributed by atoms with Gasteiger partial charge in [-0.15, -0.1) is 0 Å². The Kier molecular flexibility index (Phi) is 5.67. The molecule has 0 aromatic carbocycles. The summed E-state index contributed by atoms with van der Waals surface area (Å²) in [6.07, 6.45) is 4.95. The lowest BCUT2D eigenvalue weighted by molar-refractivity contribution is 0.410. The fourth-order valence-electron chi connectivity index (χ4n) is 1.36. The smallest absolute Gasteiger partial charge is 0.134 e. The minimum absolute atomic E-state index is 0.330. The third-order valence-electron chi connectivity index (χ3n) is 2.02. The summed E-state index contributed by atoms with van der Waals surface area (Å²) in [6, 6.07) is 2.27. The number of hydrogen-bond donors (Lipinski definition) is 1. The van der Waals surface area contributed by atoms with Gasteiger partial charge in [-0.2, -0.15) is 11.8 Å². The lowest BCUT2D eigenvalue weighted by Crippen LogP contribution is -2.21. The van der Waals surface area contributed by atoms with Crippen molar-refractivity contribution in [2.45, 2.75) is 19.4 Å². The predicted molar refractivity (Wildman–Crippen MR) is 65.8 cm³/mol. The summed E-state index contributed by atoms with van der Waals surface area (Å²) in [5.41, 5.74) is 0. The highest BCUT2D eigenvalue weighted by Crippen LogP contribution is 2.27. The van der Waals surface area contributed by atoms with Crippen LogP contribution in [0.2, 0.25) is 0 Å². The molecule has 80 valence electrons. The maximum absolute atomic E-state index is 5.46. The second kappa shape index (κ2) is 6.53. The Morgan fingerprint density at radius 1 is 1.64 bits per heavy atom. The van der Waals surface area contributed by atoms with Crippen LogP contribution in [0.15, 0.2) is 21.2 Å². The van der Waals surface area contributed by atoms with Crippen molar-refractivity contribution in [3.63, 3.8) is 0 Å². The van der Waals surface area contributed by atoms with Crippen LogP contribution in [-0.4, -0.2) is 18.6 Å². The Labute approximate surface area is 98.0 Å². The first-order valence-electron chi connectivity index (χ1n) is 4.74. The lowest BCUT2D eigenvalue weighted by Gasteiger charge is -2.15. The van der Waals surface area contributed by atoms with Crippen molar-refractivity contribution in [3.8, 4) is 0 Å². The maximum Gasteiger partial charge on any atom is 0.134 e. The Morgan fingerprint density at radius 2 is 2.43 bits per heavy atom. The molecule has 0 aliphatic heterocycles. The van der Waals surface area contributed by atoms with Gasteiger partial charge in [0.05, 0.1) is 16.8 Å². The molecule has 0 aliphatic rings. The monoisotopic (exact) mass is 277 g/mol. The van der Waals surface area contributed by atoms with E-state index in [-0.39, 0.29) is 0 Å². The minimum atomic E-state index is 0.330. The first kappa shape index (κ1) is 12.1. The molecule has 0 fully saturated rings. The average Bonchev–Trinajstić information content (AvgIpc) is 2.59. The van der Waals surface area contributed by atoms with Crippen LogP contribution in [0.1, 0.15) is 25.1 Å². The van der Waals surface area contributed by atoms with Crippen LogP contribution in [0.5, 0.6) is 0 Å². The zero-order valence-electron chi connectivity index (χ0n) is 8.55. The molecule has 0 aliphatic carbocycles. The standard InChI is InChI=1S/C10H16BrNOS/c1-3-12-9(5-7-14-2)10-8(11)4-6-13-10/h4,6,9,12H,3,5,7H2,1-2H3. The number of nitrogens with one attached hydrogen (secondary N) is 1. The molecule has 0 amide bonds. The van der Waals surface area contributed by atoms with Crippen LogP contribution >= 0.6 is 27.7 Å². The van der Waals surface area contributed by atoms with Crippen molar-refractivity contribution in [1.82, 2.24) is 5.32 Å². The molecule has 0 saturated carbocycles. The van der Waals surface area contributed by atoms with Crippen molar-refractivity contribution >= 4 is 27.7 Å². The molecular formula is C10H16BrNOS. The van der Waals surface area contributed by atoms with E-state index in [9.17, 15) is 0 Å². The van der Waals surface area contributed by atoms with E-state index in [0.29, 0.717) is 6.04 Å². The Bertz CT molecular complexity index is 264. The number of halogens is 1. The molecule has 0 bridgehead atoms. The van der Waals surface area contributed by atoms with Gasteiger partial charge in [-0.3, -0.25) is 0 Å². The summed E-state index contributed by atoms with van der Waals surface area (Å²) < 4.78 is 6.52. The van der Waals surface area contributed by atoms with Crippen molar-refractivity contribution < 1.29 is 4.42 Å². The van der Waals surface area contributed by atoms with Gasteiger partial charge < -0.3 is 9.73 Å². The number of rotatable bonds is 6. The Morgan fingerprint density at radius 3 is 2.93 bits per heavy atom. The molecule has 1 aromatic heterocycles. The molecular weight excluding hydrogens is 262 g/mol. The van der Waals surface area contributed by atoms with Gasteiger partial charge in [0.1, 0.15) is 5.76 Å². The molecule has 1 unspecified atom stereocenters. The van der Waals surface area contributed by atoms with E-state index < -0.39 is 0 Å². The predicted octanol–water partition coefficient (Wildman–Crippen LogP) is 3.45. The number of thioether (sulfide) groups is 1. The van der Waals surface area contributed by atoms with E-state index in [2.05, 4.69) is 34.4 Å². The molecule has 1 N–H and O–H groups in total. The quantitative estimate of drug-likeness (QED) is 0.862. The molecule has 1 aromatic rings. The highest BCUT2D eigenvalue weighted by atomic mass is 79.9. The maximum atomic E-state index is 5.46. The van der Waals surface area contributed by atoms with Crippen molar-refractivity contribution in [1.29, 1.82) is 0 Å². The highest BCUT2D eigenvalue weighted by molar-refractivity contribution is 9.10. The van der Waals surface area contributed by atoms with Crippen LogP contribution in [0.3, 0.4) is 0 Å². The lowest BCUT2D eigenvalue weighted by atomic mass is 10.2. The van der Waals surface area contributed by atoms with E-state index in [0.717, 1.165) is 29.0 Å². The number of furan rings is 1. The van der Waals surface area contributed by atoms with Crippen molar-refractivity contribution in [2.75, 3.05) is 18.6 Å². The van der Waals surface area contributed by atoms with E-state index >= 15 is 0 Å². The van der Waals surface area contributed by atoms with Gasteiger partial charge >= 0.3 is 0 Å². The molecule has 14 heavy (non-hydrogen) atoms. The summed E-state index contributed by atoms with van der Waals surface area (Å²) in [5, 5.41) is 3.42. The van der Waals surface area contributed by atoms with Crippen LogP contribution in [0.4, 0.5) is 0 Å². The second-order valence-electron chi connectivity index (χ2n) is 3.02. The van der Waals surface area contributed by atoms with Crippen molar-refractivity contribution in [3.05, 3.63) is 22.6 Å². The van der Waals surface area contributed by atoms with Crippen LogP contribution < -0.4 is 5.32 Å². The van der Waals surface area contributed by atoms with Gasteiger partial charge in [0.2, 0.25) is 0 Å². The normalized spacial score (nSPS) is 13.1. The summed E-state index contributed by atoms with van der Waals surface area (Å²) in [6.45, 7) is 3.08. The zero-order chi connectivity index (χ0) is 10.4. The van der Waals surface area contributed by atoms with Gasteiger partial charge in [0, 0.05) is 0 Å². The highest BCUT2D eigenvalue weighted by Gasteiger charge is 2.15.